The third-order valence-corrected chi connectivity index (χ3v) is 2.77. The molecule has 94 valence electrons. The summed E-state index contributed by atoms with van der Waals surface area (Å²) in [6, 6.07) is 3.48. The van der Waals surface area contributed by atoms with E-state index in [4.69, 9.17) is 22.1 Å². The lowest BCUT2D eigenvalue weighted by Crippen LogP contribution is -2.14. The van der Waals surface area contributed by atoms with Crippen molar-refractivity contribution in [1.29, 1.82) is 0 Å². The Bertz CT molecular complexity index is 408. The molecule has 17 heavy (non-hydrogen) atoms. The van der Waals surface area contributed by atoms with Gasteiger partial charge in [-0.15, -0.1) is 0 Å². The zero-order valence-corrected chi connectivity index (χ0v) is 10.8. The van der Waals surface area contributed by atoms with Crippen molar-refractivity contribution in [3.63, 3.8) is 0 Å². The number of methoxy groups -OCH3 is 1. The molecule has 1 amide bonds. The van der Waals surface area contributed by atoms with Gasteiger partial charge >= 0.3 is 0 Å². The van der Waals surface area contributed by atoms with E-state index < -0.39 is 0 Å². The molecule has 4 nitrogen and oxygen atoms in total. The van der Waals surface area contributed by atoms with Crippen molar-refractivity contribution < 1.29 is 9.53 Å². The molecular formula is C12H17ClN2O2. The number of ether oxygens (including phenoxy) is 1. The SMILES string of the molecule is COc1cc(C)c(Cl)cc1NC(=O)CCCN. The Hall–Kier alpha value is -1.26. The van der Waals surface area contributed by atoms with Crippen LogP contribution >= 0.6 is 11.6 Å². The molecule has 0 radical (unpaired) electrons. The Kier molecular flexibility index (Phi) is 5.25. The van der Waals surface area contributed by atoms with Gasteiger partial charge in [0.2, 0.25) is 5.91 Å². The number of carbonyl (C=O) groups excluding carboxylic acids is 1. The standard InChI is InChI=1S/C12H17ClN2O2/c1-8-6-11(17-2)10(7-9(8)13)15-12(16)4-3-5-14/h6-7H,3-5,14H2,1-2H3,(H,15,16). The molecule has 0 aliphatic rings. The molecule has 0 unspecified atom stereocenters. The minimum absolute atomic E-state index is 0.0892. The summed E-state index contributed by atoms with van der Waals surface area (Å²) in [5, 5.41) is 3.36. The lowest BCUT2D eigenvalue weighted by atomic mass is 10.2. The van der Waals surface area contributed by atoms with E-state index in [9.17, 15) is 4.79 Å². The summed E-state index contributed by atoms with van der Waals surface area (Å²) in [4.78, 5) is 11.6. The molecule has 0 atom stereocenters. The Balaban J connectivity index is 2.82. The monoisotopic (exact) mass is 256 g/mol. The first-order valence-electron chi connectivity index (χ1n) is 5.42. The van der Waals surface area contributed by atoms with Crippen LogP contribution in [0.15, 0.2) is 12.1 Å². The maximum absolute atomic E-state index is 11.6. The molecule has 3 N–H and O–H groups in total. The van der Waals surface area contributed by atoms with Crippen molar-refractivity contribution in [2.24, 2.45) is 5.73 Å². The smallest absolute Gasteiger partial charge is 0.224 e. The van der Waals surface area contributed by atoms with Crippen LogP contribution in [0.3, 0.4) is 0 Å². The van der Waals surface area contributed by atoms with E-state index in [2.05, 4.69) is 5.32 Å². The Morgan fingerprint density at radius 1 is 1.53 bits per heavy atom. The first-order chi connectivity index (χ1) is 8.08. The minimum Gasteiger partial charge on any atom is -0.495 e. The second-order valence-electron chi connectivity index (χ2n) is 3.74. The van der Waals surface area contributed by atoms with Crippen LogP contribution < -0.4 is 15.8 Å². The molecule has 0 fully saturated rings. The van der Waals surface area contributed by atoms with Gasteiger partial charge in [-0.2, -0.15) is 0 Å². The number of anilines is 1. The third-order valence-electron chi connectivity index (χ3n) is 2.36. The van der Waals surface area contributed by atoms with Gasteiger partial charge in [-0.05, 0) is 37.6 Å². The maximum atomic E-state index is 11.6. The van der Waals surface area contributed by atoms with Crippen molar-refractivity contribution in [2.75, 3.05) is 19.0 Å². The normalized spacial score (nSPS) is 10.1. The van der Waals surface area contributed by atoms with E-state index in [1.807, 2.05) is 6.92 Å². The van der Waals surface area contributed by atoms with E-state index >= 15 is 0 Å². The second kappa shape index (κ2) is 6.47. The molecule has 0 aromatic heterocycles. The zero-order chi connectivity index (χ0) is 12.8. The molecule has 5 heteroatoms. The summed E-state index contributed by atoms with van der Waals surface area (Å²) >= 11 is 6.00. The zero-order valence-electron chi connectivity index (χ0n) is 10.0. The molecule has 0 saturated heterocycles. The molecule has 1 aromatic rings. The van der Waals surface area contributed by atoms with Crippen molar-refractivity contribution in [3.05, 3.63) is 22.7 Å². The largest absolute Gasteiger partial charge is 0.495 e. The number of halogens is 1. The lowest BCUT2D eigenvalue weighted by Gasteiger charge is -2.12. The van der Waals surface area contributed by atoms with Crippen LogP contribution in [0.4, 0.5) is 5.69 Å². The van der Waals surface area contributed by atoms with Crippen LogP contribution in [0, 0.1) is 6.92 Å². The number of hydrogen-bond acceptors (Lipinski definition) is 3. The average Bonchev–Trinajstić information content (AvgIpc) is 2.31. The highest BCUT2D eigenvalue weighted by molar-refractivity contribution is 6.31. The van der Waals surface area contributed by atoms with Gasteiger partial charge in [-0.1, -0.05) is 11.6 Å². The van der Waals surface area contributed by atoms with Gasteiger partial charge in [0, 0.05) is 11.4 Å². The quantitative estimate of drug-likeness (QED) is 0.850. The van der Waals surface area contributed by atoms with Gasteiger partial charge in [0.1, 0.15) is 5.75 Å². The molecule has 0 spiro atoms. The van der Waals surface area contributed by atoms with E-state index in [-0.39, 0.29) is 5.91 Å². The highest BCUT2D eigenvalue weighted by Crippen LogP contribution is 2.30. The molecule has 0 saturated carbocycles. The summed E-state index contributed by atoms with van der Waals surface area (Å²) in [5.41, 5.74) is 6.84. The summed E-state index contributed by atoms with van der Waals surface area (Å²) in [5.74, 6) is 0.515. The fourth-order valence-electron chi connectivity index (χ4n) is 1.40. The molecule has 0 aliphatic heterocycles. The summed E-state index contributed by atoms with van der Waals surface area (Å²) in [7, 11) is 1.55. The van der Waals surface area contributed by atoms with Gasteiger partial charge in [0.25, 0.3) is 0 Å². The van der Waals surface area contributed by atoms with Crippen LogP contribution in [0.2, 0.25) is 5.02 Å². The van der Waals surface area contributed by atoms with Crippen molar-refractivity contribution in [3.8, 4) is 5.75 Å². The first kappa shape index (κ1) is 13.8. The highest BCUT2D eigenvalue weighted by Gasteiger charge is 2.09. The van der Waals surface area contributed by atoms with Gasteiger partial charge < -0.3 is 15.8 Å². The number of nitrogens with two attached hydrogens (primary N) is 1. The molecule has 1 aromatic carbocycles. The van der Waals surface area contributed by atoms with Crippen LogP contribution in [0.25, 0.3) is 0 Å². The first-order valence-corrected chi connectivity index (χ1v) is 5.80. The highest BCUT2D eigenvalue weighted by atomic mass is 35.5. The van der Waals surface area contributed by atoms with E-state index in [0.29, 0.717) is 35.8 Å². The Labute approximate surface area is 106 Å². The Morgan fingerprint density at radius 2 is 2.24 bits per heavy atom. The van der Waals surface area contributed by atoms with Crippen LogP contribution in [-0.2, 0) is 4.79 Å². The fraction of sp³-hybridized carbons (Fsp3) is 0.417. The summed E-state index contributed by atoms with van der Waals surface area (Å²) < 4.78 is 5.19. The Morgan fingerprint density at radius 3 is 2.82 bits per heavy atom. The average molecular weight is 257 g/mol. The van der Waals surface area contributed by atoms with Crippen LogP contribution in [-0.4, -0.2) is 19.6 Å². The van der Waals surface area contributed by atoms with Crippen LogP contribution in [0.5, 0.6) is 5.75 Å². The molecule has 0 heterocycles. The predicted octanol–water partition coefficient (Wildman–Crippen LogP) is 2.33. The van der Waals surface area contributed by atoms with E-state index in [1.54, 1.807) is 19.2 Å². The number of nitrogens with one attached hydrogen (secondary N) is 1. The second-order valence-corrected chi connectivity index (χ2v) is 4.15. The van der Waals surface area contributed by atoms with Crippen molar-refractivity contribution in [1.82, 2.24) is 0 Å². The maximum Gasteiger partial charge on any atom is 0.224 e. The number of rotatable bonds is 5. The van der Waals surface area contributed by atoms with Crippen molar-refractivity contribution >= 4 is 23.2 Å². The molecule has 1 rings (SSSR count). The van der Waals surface area contributed by atoms with Gasteiger partial charge in [0.15, 0.2) is 0 Å². The summed E-state index contributed by atoms with van der Waals surface area (Å²) in [6.45, 7) is 2.38. The lowest BCUT2D eigenvalue weighted by molar-refractivity contribution is -0.116. The number of benzene rings is 1. The molecule has 0 aliphatic carbocycles. The van der Waals surface area contributed by atoms with E-state index in [0.717, 1.165) is 5.56 Å². The molecule has 0 bridgehead atoms. The van der Waals surface area contributed by atoms with Gasteiger partial charge in [0.05, 0.1) is 12.8 Å². The number of carbonyl (C=O) groups is 1. The third kappa shape index (κ3) is 3.91. The predicted molar refractivity (Wildman–Crippen MR) is 69.7 cm³/mol. The van der Waals surface area contributed by atoms with Crippen LogP contribution in [0.1, 0.15) is 18.4 Å². The summed E-state index contributed by atoms with van der Waals surface area (Å²) in [6.07, 6.45) is 1.05. The van der Waals surface area contributed by atoms with Gasteiger partial charge in [-0.25, -0.2) is 0 Å². The number of amides is 1. The van der Waals surface area contributed by atoms with E-state index in [1.165, 1.54) is 0 Å². The fourth-order valence-corrected chi connectivity index (χ4v) is 1.56. The number of aryl methyl sites for hydroxylation is 1. The number of hydrogen-bond donors (Lipinski definition) is 2. The topological polar surface area (TPSA) is 64.3 Å². The van der Waals surface area contributed by atoms with Crippen molar-refractivity contribution in [2.45, 2.75) is 19.8 Å². The minimum atomic E-state index is -0.0892. The molecular weight excluding hydrogens is 240 g/mol. The van der Waals surface area contributed by atoms with Gasteiger partial charge in [-0.3, -0.25) is 4.79 Å².